The van der Waals surface area contributed by atoms with E-state index in [0.29, 0.717) is 22.0 Å². The number of hydrogen-bond acceptors (Lipinski definition) is 5. The zero-order valence-corrected chi connectivity index (χ0v) is 12.7. The van der Waals surface area contributed by atoms with Gasteiger partial charge >= 0.3 is 6.03 Å². The Morgan fingerprint density at radius 1 is 1.08 bits per heavy atom. The van der Waals surface area contributed by atoms with Crippen molar-refractivity contribution in [2.24, 2.45) is 11.5 Å². The quantitative estimate of drug-likeness (QED) is 0.550. The van der Waals surface area contributed by atoms with Crippen molar-refractivity contribution in [1.82, 2.24) is 4.57 Å². The maximum absolute atomic E-state index is 11.7. The molecular formula is C16H12N4O5. The minimum atomic E-state index is -0.942. The molecule has 126 valence electrons. The summed E-state index contributed by atoms with van der Waals surface area (Å²) in [7, 11) is 0. The molecule has 0 radical (unpaired) electrons. The van der Waals surface area contributed by atoms with Gasteiger partial charge in [-0.2, -0.15) is 0 Å². The summed E-state index contributed by atoms with van der Waals surface area (Å²) < 4.78 is 1.17. The van der Waals surface area contributed by atoms with Gasteiger partial charge in [0, 0.05) is 22.7 Å². The van der Waals surface area contributed by atoms with Gasteiger partial charge < -0.3 is 11.5 Å². The van der Waals surface area contributed by atoms with Gasteiger partial charge in [0.15, 0.2) is 0 Å². The third kappa shape index (κ3) is 2.98. The van der Waals surface area contributed by atoms with Gasteiger partial charge in [0.25, 0.3) is 5.09 Å². The van der Waals surface area contributed by atoms with Gasteiger partial charge in [-0.15, -0.1) is 10.1 Å². The molecule has 0 atom stereocenters. The van der Waals surface area contributed by atoms with Crippen LogP contribution in [0.5, 0.6) is 5.75 Å². The van der Waals surface area contributed by atoms with Crippen LogP contribution in [0.4, 0.5) is 4.79 Å². The standard InChI is InChI=1S/C16H12N4O5/c17-15(21)10-3-1-9(2-4-10)13-8-19(16(18)22)14-7-11(25-20(23)24)5-6-12(13)14/h1-8H,(H2,17,21)(H2,18,22). The van der Waals surface area contributed by atoms with E-state index in [1.807, 2.05) is 0 Å². The van der Waals surface area contributed by atoms with E-state index in [0.717, 1.165) is 5.56 Å². The third-order valence-electron chi connectivity index (χ3n) is 3.67. The normalized spacial score (nSPS) is 10.6. The molecule has 3 rings (SSSR count). The lowest BCUT2D eigenvalue weighted by Crippen LogP contribution is -2.18. The van der Waals surface area contributed by atoms with Crippen molar-refractivity contribution in [1.29, 1.82) is 0 Å². The predicted molar refractivity (Wildman–Crippen MR) is 88.5 cm³/mol. The van der Waals surface area contributed by atoms with Crippen molar-refractivity contribution in [3.05, 3.63) is 64.3 Å². The van der Waals surface area contributed by atoms with Gasteiger partial charge in [0.2, 0.25) is 5.91 Å². The van der Waals surface area contributed by atoms with Crippen molar-refractivity contribution >= 4 is 22.8 Å². The highest BCUT2D eigenvalue weighted by atomic mass is 17.0. The van der Waals surface area contributed by atoms with Crippen LogP contribution in [0.1, 0.15) is 10.4 Å². The lowest BCUT2D eigenvalue weighted by molar-refractivity contribution is -0.711. The molecular weight excluding hydrogens is 328 g/mol. The monoisotopic (exact) mass is 340 g/mol. The first-order valence-electron chi connectivity index (χ1n) is 7.04. The molecule has 4 N–H and O–H groups in total. The zero-order chi connectivity index (χ0) is 18.1. The number of benzene rings is 2. The van der Waals surface area contributed by atoms with Crippen molar-refractivity contribution in [3.8, 4) is 16.9 Å². The van der Waals surface area contributed by atoms with Gasteiger partial charge in [0.1, 0.15) is 5.75 Å². The number of primary amides is 2. The summed E-state index contributed by atoms with van der Waals surface area (Å²) in [6, 6.07) is 10.1. The SMILES string of the molecule is NC(=O)c1ccc(-c2cn(C(N)=O)c3cc(O[N+](=O)[O-])ccc23)cc1. The molecule has 2 aromatic carbocycles. The Balaban J connectivity index is 2.16. The van der Waals surface area contributed by atoms with E-state index in [1.165, 1.54) is 22.9 Å². The molecule has 3 aromatic rings. The highest BCUT2D eigenvalue weighted by molar-refractivity contribution is 6.02. The summed E-state index contributed by atoms with van der Waals surface area (Å²) in [6.45, 7) is 0. The fourth-order valence-electron chi connectivity index (χ4n) is 2.58. The minimum Gasteiger partial charge on any atom is -0.366 e. The maximum atomic E-state index is 11.7. The van der Waals surface area contributed by atoms with Crippen LogP contribution in [0.2, 0.25) is 0 Å². The second-order valence-corrected chi connectivity index (χ2v) is 5.19. The zero-order valence-electron chi connectivity index (χ0n) is 12.7. The number of nitrogens with two attached hydrogens (primary N) is 2. The van der Waals surface area contributed by atoms with E-state index in [9.17, 15) is 19.7 Å². The van der Waals surface area contributed by atoms with Crippen molar-refractivity contribution in [2.45, 2.75) is 0 Å². The van der Waals surface area contributed by atoms with E-state index in [1.54, 1.807) is 30.3 Å². The highest BCUT2D eigenvalue weighted by Gasteiger charge is 2.15. The number of rotatable bonds is 4. The van der Waals surface area contributed by atoms with Gasteiger partial charge in [-0.25, -0.2) is 4.79 Å². The number of amides is 2. The molecule has 0 unspecified atom stereocenters. The number of carbonyl (C=O) groups excluding carboxylic acids is 2. The van der Waals surface area contributed by atoms with E-state index >= 15 is 0 Å². The molecule has 1 aromatic heterocycles. The summed E-state index contributed by atoms with van der Waals surface area (Å²) in [6.07, 6.45) is 1.52. The van der Waals surface area contributed by atoms with E-state index in [-0.39, 0.29) is 5.75 Å². The molecule has 9 heteroatoms. The topological polar surface area (TPSA) is 143 Å². The molecule has 0 aliphatic carbocycles. The van der Waals surface area contributed by atoms with Crippen LogP contribution in [0.15, 0.2) is 48.7 Å². The number of fused-ring (bicyclic) bond motifs is 1. The van der Waals surface area contributed by atoms with Gasteiger partial charge in [0.05, 0.1) is 5.52 Å². The number of carbonyl (C=O) groups is 2. The van der Waals surface area contributed by atoms with Crippen molar-refractivity contribution in [3.63, 3.8) is 0 Å². The number of aromatic nitrogens is 1. The second kappa shape index (κ2) is 5.96. The van der Waals surface area contributed by atoms with Gasteiger partial charge in [-0.3, -0.25) is 14.2 Å². The van der Waals surface area contributed by atoms with Crippen LogP contribution in [-0.2, 0) is 0 Å². The Hall–Kier alpha value is -3.88. The lowest BCUT2D eigenvalue weighted by atomic mass is 10.0. The first-order chi connectivity index (χ1) is 11.9. The smallest absolute Gasteiger partial charge is 0.323 e. The molecule has 0 saturated heterocycles. The van der Waals surface area contributed by atoms with Gasteiger partial charge in [-0.1, -0.05) is 12.1 Å². The molecule has 9 nitrogen and oxygen atoms in total. The largest absolute Gasteiger partial charge is 0.366 e. The fourth-order valence-corrected chi connectivity index (χ4v) is 2.58. The third-order valence-corrected chi connectivity index (χ3v) is 3.67. The molecule has 0 aliphatic heterocycles. The molecule has 1 heterocycles. The summed E-state index contributed by atoms with van der Waals surface area (Å²) in [4.78, 5) is 37.8. The Labute approximate surface area is 140 Å². The van der Waals surface area contributed by atoms with Gasteiger partial charge in [-0.05, 0) is 35.9 Å². The molecule has 0 saturated carbocycles. The summed E-state index contributed by atoms with van der Waals surface area (Å²) in [5, 5.41) is 10.2. The summed E-state index contributed by atoms with van der Waals surface area (Å²) in [5.74, 6) is -0.582. The Kier molecular flexibility index (Phi) is 3.82. The van der Waals surface area contributed by atoms with E-state index in [2.05, 4.69) is 4.84 Å². The van der Waals surface area contributed by atoms with E-state index in [4.69, 9.17) is 11.5 Å². The van der Waals surface area contributed by atoms with Crippen LogP contribution in [0.3, 0.4) is 0 Å². The average molecular weight is 340 g/mol. The van der Waals surface area contributed by atoms with Crippen molar-refractivity contribution < 1.29 is 19.5 Å². The van der Waals surface area contributed by atoms with Crippen molar-refractivity contribution in [2.75, 3.05) is 0 Å². The summed E-state index contributed by atoms with van der Waals surface area (Å²) >= 11 is 0. The maximum Gasteiger partial charge on any atom is 0.323 e. The molecule has 0 fully saturated rings. The van der Waals surface area contributed by atoms with Crippen LogP contribution in [0, 0.1) is 10.1 Å². The Morgan fingerprint density at radius 3 is 2.32 bits per heavy atom. The average Bonchev–Trinajstić information content (AvgIpc) is 2.93. The minimum absolute atomic E-state index is 0.0336. The molecule has 25 heavy (non-hydrogen) atoms. The molecule has 0 bridgehead atoms. The fraction of sp³-hybridized carbons (Fsp3) is 0. The molecule has 2 amide bonds. The lowest BCUT2D eigenvalue weighted by Gasteiger charge is -2.03. The number of hydrogen-bond donors (Lipinski definition) is 2. The molecule has 0 spiro atoms. The van der Waals surface area contributed by atoms with E-state index < -0.39 is 17.0 Å². The first-order valence-corrected chi connectivity index (χ1v) is 7.04. The molecule has 0 aliphatic rings. The Bertz CT molecular complexity index is 1010. The predicted octanol–water partition coefficient (Wildman–Crippen LogP) is 1.90. The summed E-state index contributed by atoms with van der Waals surface area (Å²) in [5.41, 5.74) is 12.7. The first kappa shape index (κ1) is 16.0. The second-order valence-electron chi connectivity index (χ2n) is 5.19. The van der Waals surface area contributed by atoms with Crippen LogP contribution < -0.4 is 16.3 Å². The highest BCUT2D eigenvalue weighted by Crippen LogP contribution is 2.33. The van der Waals surface area contributed by atoms with Crippen LogP contribution >= 0.6 is 0 Å². The Morgan fingerprint density at radius 2 is 1.76 bits per heavy atom. The van der Waals surface area contributed by atoms with Crippen LogP contribution in [0.25, 0.3) is 22.0 Å². The van der Waals surface area contributed by atoms with Crippen LogP contribution in [-0.4, -0.2) is 21.6 Å². The number of nitrogens with zero attached hydrogens (tertiary/aromatic N) is 2.